The summed E-state index contributed by atoms with van der Waals surface area (Å²) in [5, 5.41) is 0.609. The zero-order chi connectivity index (χ0) is 16.5. The second-order valence-electron chi connectivity index (χ2n) is 5.90. The minimum atomic E-state index is 0.609. The van der Waals surface area contributed by atoms with Crippen molar-refractivity contribution in [3.63, 3.8) is 0 Å². The Morgan fingerprint density at radius 2 is 2.04 bits per heavy atom. The lowest BCUT2D eigenvalue weighted by Gasteiger charge is -2.31. The van der Waals surface area contributed by atoms with Crippen LogP contribution in [0.15, 0.2) is 48.5 Å². The van der Waals surface area contributed by atoms with Crippen molar-refractivity contribution >= 4 is 22.2 Å². The number of hydrogen-bond donors (Lipinski definition) is 1. The second kappa shape index (κ2) is 6.17. The van der Waals surface area contributed by atoms with Crippen LogP contribution in [0, 0.1) is 6.92 Å². The molecule has 0 saturated heterocycles. The lowest BCUT2D eigenvalue weighted by molar-refractivity contribution is 0.307. The summed E-state index contributed by atoms with van der Waals surface area (Å²) in [5.41, 5.74) is 10.3. The van der Waals surface area contributed by atoms with E-state index in [0.717, 1.165) is 40.7 Å². The molecule has 2 aromatic carbocycles. The highest BCUT2D eigenvalue weighted by molar-refractivity contribution is 7.15. The van der Waals surface area contributed by atoms with Gasteiger partial charge in [0.25, 0.3) is 0 Å². The molecule has 0 aliphatic carbocycles. The van der Waals surface area contributed by atoms with Gasteiger partial charge in [0.2, 0.25) is 0 Å². The quantitative estimate of drug-likeness (QED) is 0.782. The number of nitrogens with zero attached hydrogens (tertiary/aromatic N) is 2. The number of hydrogen-bond acceptors (Lipinski definition) is 5. The lowest BCUT2D eigenvalue weighted by Crippen LogP contribution is -2.32. The summed E-state index contributed by atoms with van der Waals surface area (Å²) < 4.78 is 5.83. The number of nitrogens with two attached hydrogens (primary N) is 1. The average Bonchev–Trinajstić information content (AvgIpc) is 2.94. The van der Waals surface area contributed by atoms with Crippen LogP contribution in [0.1, 0.15) is 10.4 Å². The van der Waals surface area contributed by atoms with Gasteiger partial charge in [-0.1, -0.05) is 30.3 Å². The van der Waals surface area contributed by atoms with Gasteiger partial charge in [-0.25, -0.2) is 4.98 Å². The Labute approximate surface area is 145 Å². The maximum Gasteiger partial charge on any atom is 0.180 e. The van der Waals surface area contributed by atoms with Crippen molar-refractivity contribution in [3.05, 3.63) is 59.0 Å². The van der Waals surface area contributed by atoms with Crippen LogP contribution >= 0.6 is 11.3 Å². The minimum absolute atomic E-state index is 0.609. The average molecular weight is 337 g/mol. The smallest absolute Gasteiger partial charge is 0.180 e. The number of rotatable bonds is 3. The van der Waals surface area contributed by atoms with Gasteiger partial charge in [0.1, 0.15) is 12.4 Å². The number of anilines is 2. The van der Waals surface area contributed by atoms with Gasteiger partial charge < -0.3 is 15.4 Å². The fraction of sp³-hybridized carbons (Fsp3) is 0.211. The highest BCUT2D eigenvalue weighted by atomic mass is 32.1. The van der Waals surface area contributed by atoms with Crippen LogP contribution in [0.5, 0.6) is 5.75 Å². The van der Waals surface area contributed by atoms with Gasteiger partial charge in [-0.05, 0) is 30.7 Å². The number of thiazole rings is 1. The van der Waals surface area contributed by atoms with E-state index in [2.05, 4.69) is 53.2 Å². The molecule has 1 aliphatic rings. The molecule has 0 spiro atoms. The zero-order valence-corrected chi connectivity index (χ0v) is 14.3. The summed E-state index contributed by atoms with van der Waals surface area (Å²) in [6.07, 6.45) is 0. The van der Waals surface area contributed by atoms with Gasteiger partial charge in [0.15, 0.2) is 5.13 Å². The molecule has 0 fully saturated rings. The van der Waals surface area contributed by atoms with Crippen LogP contribution in [0.2, 0.25) is 0 Å². The Morgan fingerprint density at radius 1 is 1.21 bits per heavy atom. The van der Waals surface area contributed by atoms with E-state index in [1.807, 2.05) is 12.1 Å². The number of ether oxygens (including phenoxy) is 1. The van der Waals surface area contributed by atoms with Gasteiger partial charge >= 0.3 is 0 Å². The molecule has 4 nitrogen and oxygen atoms in total. The molecule has 122 valence electrons. The maximum absolute atomic E-state index is 5.86. The minimum Gasteiger partial charge on any atom is -0.490 e. The molecule has 2 heterocycles. The molecule has 0 atom stereocenters. The Balaban J connectivity index is 1.70. The van der Waals surface area contributed by atoms with E-state index in [-0.39, 0.29) is 0 Å². The molecule has 0 saturated carbocycles. The van der Waals surface area contributed by atoms with Gasteiger partial charge in [-0.2, -0.15) is 0 Å². The van der Waals surface area contributed by atoms with E-state index in [4.69, 9.17) is 10.5 Å². The molecule has 0 bridgehead atoms. The molecule has 1 aliphatic heterocycles. The summed E-state index contributed by atoms with van der Waals surface area (Å²) in [6, 6.07) is 16.8. The predicted octanol–water partition coefficient (Wildman–Crippen LogP) is 4.10. The molecule has 0 unspecified atom stereocenters. The molecule has 24 heavy (non-hydrogen) atoms. The summed E-state index contributed by atoms with van der Waals surface area (Å²) in [5.74, 6) is 0.932. The van der Waals surface area contributed by atoms with Gasteiger partial charge in [0.05, 0.1) is 17.9 Å². The van der Waals surface area contributed by atoms with Crippen molar-refractivity contribution < 1.29 is 4.74 Å². The highest BCUT2D eigenvalue weighted by Gasteiger charge is 2.20. The molecule has 1 aromatic heterocycles. The van der Waals surface area contributed by atoms with Crippen molar-refractivity contribution in [1.29, 1.82) is 0 Å². The van der Waals surface area contributed by atoms with Gasteiger partial charge in [0, 0.05) is 17.0 Å². The number of nitrogen functional groups attached to an aromatic ring is 1. The molecule has 0 amide bonds. The first-order valence-corrected chi connectivity index (χ1v) is 8.81. The highest BCUT2D eigenvalue weighted by Crippen LogP contribution is 2.38. The Bertz CT molecular complexity index is 860. The fourth-order valence-corrected chi connectivity index (χ4v) is 3.78. The molecule has 0 radical (unpaired) electrons. The van der Waals surface area contributed by atoms with E-state index < -0.39 is 0 Å². The van der Waals surface area contributed by atoms with E-state index in [9.17, 15) is 0 Å². The first-order chi connectivity index (χ1) is 11.7. The number of aromatic nitrogens is 1. The zero-order valence-electron chi connectivity index (χ0n) is 13.5. The third kappa shape index (κ3) is 2.83. The Kier molecular flexibility index (Phi) is 3.86. The third-order valence-corrected chi connectivity index (χ3v) is 5.02. The third-order valence-electron chi connectivity index (χ3n) is 4.22. The van der Waals surface area contributed by atoms with E-state index in [1.54, 1.807) is 0 Å². The topological polar surface area (TPSA) is 51.4 Å². The summed E-state index contributed by atoms with van der Waals surface area (Å²) in [7, 11) is 0. The fourth-order valence-electron chi connectivity index (χ4n) is 3.07. The number of fused-ring (bicyclic) bond motifs is 1. The SMILES string of the molecule is Cc1sc(N)nc1-c1ccc2c(c1)N(Cc1ccccc1)CCO2. The molecule has 5 heteroatoms. The van der Waals surface area contributed by atoms with Crippen molar-refractivity contribution in [2.45, 2.75) is 13.5 Å². The van der Waals surface area contributed by atoms with E-state index in [0.29, 0.717) is 11.7 Å². The van der Waals surface area contributed by atoms with Gasteiger partial charge in [-0.3, -0.25) is 0 Å². The predicted molar refractivity (Wildman–Crippen MR) is 99.7 cm³/mol. The first-order valence-electron chi connectivity index (χ1n) is 8.00. The monoisotopic (exact) mass is 337 g/mol. The van der Waals surface area contributed by atoms with Crippen LogP contribution in [-0.2, 0) is 6.54 Å². The molecule has 4 rings (SSSR count). The second-order valence-corrected chi connectivity index (χ2v) is 7.13. The lowest BCUT2D eigenvalue weighted by atomic mass is 10.1. The standard InChI is InChI=1S/C19H19N3OS/c1-13-18(21-19(20)24-13)15-7-8-17-16(11-15)22(9-10-23-17)12-14-5-3-2-4-6-14/h2-8,11H,9-10,12H2,1H3,(H2,20,21). The van der Waals surface area contributed by atoms with E-state index in [1.165, 1.54) is 16.9 Å². The summed E-state index contributed by atoms with van der Waals surface area (Å²) >= 11 is 1.53. The summed E-state index contributed by atoms with van der Waals surface area (Å²) in [6.45, 7) is 4.52. The molecule has 3 aromatic rings. The number of aryl methyl sites for hydroxylation is 1. The maximum atomic E-state index is 5.86. The molecular weight excluding hydrogens is 318 g/mol. The van der Waals surface area contributed by atoms with Gasteiger partial charge in [-0.15, -0.1) is 11.3 Å². The molecular formula is C19H19N3OS. The first kappa shape index (κ1) is 15.0. The van der Waals surface area contributed by atoms with Crippen LogP contribution in [0.3, 0.4) is 0 Å². The largest absolute Gasteiger partial charge is 0.490 e. The van der Waals surface area contributed by atoms with Crippen molar-refractivity contribution in [2.24, 2.45) is 0 Å². The van der Waals surface area contributed by atoms with Crippen molar-refractivity contribution in [2.75, 3.05) is 23.8 Å². The van der Waals surface area contributed by atoms with Crippen LogP contribution < -0.4 is 15.4 Å². The Morgan fingerprint density at radius 3 is 2.79 bits per heavy atom. The van der Waals surface area contributed by atoms with Crippen LogP contribution in [0.25, 0.3) is 11.3 Å². The van der Waals surface area contributed by atoms with Crippen LogP contribution in [-0.4, -0.2) is 18.1 Å². The van der Waals surface area contributed by atoms with E-state index >= 15 is 0 Å². The molecule has 2 N–H and O–H groups in total. The van der Waals surface area contributed by atoms with Crippen molar-refractivity contribution in [1.82, 2.24) is 4.98 Å². The van der Waals surface area contributed by atoms with Crippen LogP contribution in [0.4, 0.5) is 10.8 Å². The van der Waals surface area contributed by atoms with Crippen molar-refractivity contribution in [3.8, 4) is 17.0 Å². The number of benzene rings is 2. The summed E-state index contributed by atoms with van der Waals surface area (Å²) in [4.78, 5) is 7.98. The normalized spacial score (nSPS) is 13.5. The Hall–Kier alpha value is -2.53.